The molecule has 0 aromatic heterocycles. The van der Waals surface area contributed by atoms with Crippen molar-refractivity contribution >= 4 is 11.6 Å². The second-order valence-electron chi connectivity index (χ2n) is 3.98. The molecule has 0 aliphatic carbocycles. The molecule has 0 aliphatic rings. The number of nitrogens with one attached hydrogen (secondary N) is 1. The van der Waals surface area contributed by atoms with Crippen LogP contribution in [0.15, 0.2) is 30.4 Å². The molecule has 1 aromatic carbocycles. The summed E-state index contributed by atoms with van der Waals surface area (Å²) < 4.78 is 5.31. The van der Waals surface area contributed by atoms with Crippen LogP contribution in [0.25, 0.3) is 0 Å². The third-order valence-electron chi connectivity index (χ3n) is 2.47. The molecule has 3 N–H and O–H groups in total. The first-order chi connectivity index (χ1) is 8.10. The average molecular weight is 255 g/mol. The Morgan fingerprint density at radius 3 is 2.82 bits per heavy atom. The molecular formula is C13H19ClN2O. The van der Waals surface area contributed by atoms with Crippen LogP contribution in [-0.2, 0) is 0 Å². The van der Waals surface area contributed by atoms with Gasteiger partial charge in [0.15, 0.2) is 0 Å². The molecule has 0 amide bonds. The number of rotatable bonds is 6. The predicted molar refractivity (Wildman–Crippen MR) is 72.6 cm³/mol. The van der Waals surface area contributed by atoms with E-state index in [1.54, 1.807) is 7.11 Å². The van der Waals surface area contributed by atoms with Crippen LogP contribution >= 0.6 is 11.6 Å². The average Bonchev–Trinajstić information content (AvgIpc) is 2.31. The van der Waals surface area contributed by atoms with E-state index in [4.69, 9.17) is 22.1 Å². The summed E-state index contributed by atoms with van der Waals surface area (Å²) in [6, 6.07) is 5.55. The second kappa shape index (κ2) is 6.64. The molecule has 1 unspecified atom stereocenters. The van der Waals surface area contributed by atoms with E-state index < -0.39 is 0 Å². The van der Waals surface area contributed by atoms with E-state index in [1.807, 2.05) is 25.1 Å². The topological polar surface area (TPSA) is 47.3 Å². The zero-order chi connectivity index (χ0) is 12.8. The number of ether oxygens (including phenoxy) is 1. The highest BCUT2D eigenvalue weighted by molar-refractivity contribution is 6.31. The fourth-order valence-corrected chi connectivity index (χ4v) is 1.93. The fourth-order valence-electron chi connectivity index (χ4n) is 1.63. The number of halogens is 1. The van der Waals surface area contributed by atoms with Gasteiger partial charge >= 0.3 is 0 Å². The first-order valence-electron chi connectivity index (χ1n) is 5.50. The van der Waals surface area contributed by atoms with E-state index in [-0.39, 0.29) is 6.04 Å². The molecule has 0 radical (unpaired) electrons. The zero-order valence-electron chi connectivity index (χ0n) is 10.3. The molecule has 3 nitrogen and oxygen atoms in total. The van der Waals surface area contributed by atoms with Gasteiger partial charge in [0.1, 0.15) is 5.75 Å². The lowest BCUT2D eigenvalue weighted by atomic mass is 10.1. The first kappa shape index (κ1) is 14.0. The number of hydrogen-bond acceptors (Lipinski definition) is 3. The van der Waals surface area contributed by atoms with Crippen molar-refractivity contribution in [3.63, 3.8) is 0 Å². The summed E-state index contributed by atoms with van der Waals surface area (Å²) >= 11 is 6.20. The van der Waals surface area contributed by atoms with Gasteiger partial charge in [0, 0.05) is 29.7 Å². The summed E-state index contributed by atoms with van der Waals surface area (Å²) in [7, 11) is 1.63. The lowest BCUT2D eigenvalue weighted by Crippen LogP contribution is -2.30. The van der Waals surface area contributed by atoms with Crippen molar-refractivity contribution in [3.8, 4) is 5.75 Å². The number of nitrogens with two attached hydrogens (primary N) is 1. The van der Waals surface area contributed by atoms with Crippen molar-refractivity contribution in [1.29, 1.82) is 0 Å². The van der Waals surface area contributed by atoms with Gasteiger partial charge < -0.3 is 15.8 Å². The molecule has 0 saturated heterocycles. The van der Waals surface area contributed by atoms with Crippen LogP contribution in [0.2, 0.25) is 5.02 Å². The molecule has 4 heteroatoms. The maximum Gasteiger partial charge on any atom is 0.125 e. The Bertz CT molecular complexity index is 393. The number of hydrogen-bond donors (Lipinski definition) is 2. The molecule has 17 heavy (non-hydrogen) atoms. The molecular weight excluding hydrogens is 236 g/mol. The fraction of sp³-hybridized carbons (Fsp3) is 0.385. The van der Waals surface area contributed by atoms with Crippen LogP contribution in [-0.4, -0.2) is 20.2 Å². The van der Waals surface area contributed by atoms with Crippen molar-refractivity contribution < 1.29 is 4.74 Å². The van der Waals surface area contributed by atoms with E-state index >= 15 is 0 Å². The van der Waals surface area contributed by atoms with Crippen LogP contribution in [0.1, 0.15) is 18.5 Å². The van der Waals surface area contributed by atoms with Gasteiger partial charge in [-0.1, -0.05) is 29.8 Å². The van der Waals surface area contributed by atoms with E-state index in [0.717, 1.165) is 16.9 Å². The van der Waals surface area contributed by atoms with Gasteiger partial charge in [0.05, 0.1) is 7.11 Å². The minimum atomic E-state index is -0.0321. The minimum Gasteiger partial charge on any atom is -0.496 e. The van der Waals surface area contributed by atoms with E-state index in [9.17, 15) is 0 Å². The molecule has 1 rings (SSSR count). The van der Waals surface area contributed by atoms with Gasteiger partial charge in [0.2, 0.25) is 0 Å². The molecule has 0 spiro atoms. The Hall–Kier alpha value is -1.03. The molecule has 0 heterocycles. The van der Waals surface area contributed by atoms with Crippen LogP contribution in [0.5, 0.6) is 5.75 Å². The third-order valence-corrected chi connectivity index (χ3v) is 2.80. The van der Waals surface area contributed by atoms with E-state index in [1.165, 1.54) is 0 Å². The van der Waals surface area contributed by atoms with Gasteiger partial charge in [0.25, 0.3) is 0 Å². The third kappa shape index (κ3) is 3.73. The van der Waals surface area contributed by atoms with Crippen molar-refractivity contribution in [2.75, 3.05) is 20.2 Å². The molecule has 1 atom stereocenters. The van der Waals surface area contributed by atoms with Crippen molar-refractivity contribution in [1.82, 2.24) is 5.32 Å². The Kier molecular flexibility index (Phi) is 5.48. The molecule has 0 aliphatic heterocycles. The first-order valence-corrected chi connectivity index (χ1v) is 5.88. The Balaban J connectivity index is 2.97. The van der Waals surface area contributed by atoms with Crippen molar-refractivity contribution in [2.45, 2.75) is 13.0 Å². The summed E-state index contributed by atoms with van der Waals surface area (Å²) in [5.41, 5.74) is 7.73. The van der Waals surface area contributed by atoms with Crippen LogP contribution in [0.3, 0.4) is 0 Å². The summed E-state index contributed by atoms with van der Waals surface area (Å²) in [4.78, 5) is 0. The molecule has 0 saturated carbocycles. The van der Waals surface area contributed by atoms with Gasteiger partial charge in [-0.05, 0) is 19.1 Å². The Labute approximate surface area is 108 Å². The van der Waals surface area contributed by atoms with Crippen LogP contribution in [0, 0.1) is 0 Å². The van der Waals surface area contributed by atoms with Gasteiger partial charge in [-0.2, -0.15) is 0 Å². The van der Waals surface area contributed by atoms with Gasteiger partial charge in [-0.3, -0.25) is 0 Å². The van der Waals surface area contributed by atoms with Gasteiger partial charge in [-0.15, -0.1) is 0 Å². The summed E-state index contributed by atoms with van der Waals surface area (Å²) in [6.45, 7) is 6.97. The standard InChI is InChI=1S/C13H19ClN2O/c1-9(2)8-16-11(7-15)13-10(14)5-4-6-12(13)17-3/h4-6,11,16H,1,7-8,15H2,2-3H3. The molecule has 94 valence electrons. The normalized spacial score (nSPS) is 12.2. The van der Waals surface area contributed by atoms with Gasteiger partial charge in [-0.25, -0.2) is 0 Å². The lowest BCUT2D eigenvalue weighted by molar-refractivity contribution is 0.401. The van der Waals surface area contributed by atoms with E-state index in [2.05, 4.69) is 11.9 Å². The summed E-state index contributed by atoms with van der Waals surface area (Å²) in [5, 5.41) is 3.97. The maximum atomic E-state index is 6.20. The summed E-state index contributed by atoms with van der Waals surface area (Å²) in [5.74, 6) is 0.752. The Morgan fingerprint density at radius 2 is 2.29 bits per heavy atom. The number of methoxy groups -OCH3 is 1. The highest BCUT2D eigenvalue weighted by Gasteiger charge is 2.17. The van der Waals surface area contributed by atoms with Crippen LogP contribution < -0.4 is 15.8 Å². The minimum absolute atomic E-state index is 0.0321. The molecule has 1 aromatic rings. The largest absolute Gasteiger partial charge is 0.496 e. The van der Waals surface area contributed by atoms with Crippen LogP contribution in [0.4, 0.5) is 0 Å². The van der Waals surface area contributed by atoms with E-state index in [0.29, 0.717) is 18.1 Å². The monoisotopic (exact) mass is 254 g/mol. The zero-order valence-corrected chi connectivity index (χ0v) is 11.1. The molecule has 0 fully saturated rings. The highest BCUT2D eigenvalue weighted by atomic mass is 35.5. The Morgan fingerprint density at radius 1 is 1.59 bits per heavy atom. The summed E-state index contributed by atoms with van der Waals surface area (Å²) in [6.07, 6.45) is 0. The second-order valence-corrected chi connectivity index (χ2v) is 4.39. The SMILES string of the molecule is C=C(C)CNC(CN)c1c(Cl)cccc1OC. The lowest BCUT2D eigenvalue weighted by Gasteiger charge is -2.21. The number of benzene rings is 1. The highest BCUT2D eigenvalue weighted by Crippen LogP contribution is 2.31. The smallest absolute Gasteiger partial charge is 0.125 e. The predicted octanol–water partition coefficient (Wildman–Crippen LogP) is 2.51. The maximum absolute atomic E-state index is 6.20. The van der Waals surface area contributed by atoms with Crippen molar-refractivity contribution in [2.24, 2.45) is 5.73 Å². The van der Waals surface area contributed by atoms with Crippen molar-refractivity contribution in [3.05, 3.63) is 40.9 Å². The quantitative estimate of drug-likeness (QED) is 0.767. The molecule has 0 bridgehead atoms.